The molecule has 3 aromatic carbocycles. The Morgan fingerprint density at radius 1 is 1.02 bits per heavy atom. The summed E-state index contributed by atoms with van der Waals surface area (Å²) in [4.78, 5) is 6.53. The Balaban J connectivity index is 1.41. The third-order valence-electron chi connectivity index (χ3n) is 6.94. The van der Waals surface area contributed by atoms with Gasteiger partial charge in [0.05, 0.1) is 12.7 Å². The highest BCUT2D eigenvalue weighted by molar-refractivity contribution is 5.84. The number of hydrogen-bond donors (Lipinski definition) is 0. The van der Waals surface area contributed by atoms with Gasteiger partial charge in [0.2, 0.25) is 5.89 Å². The van der Waals surface area contributed by atoms with Gasteiger partial charge in [0.15, 0.2) is 11.4 Å². The van der Waals surface area contributed by atoms with Crippen LogP contribution in [-0.4, -0.2) is 50.4 Å². The number of nitrogens with zero attached hydrogens (tertiary/aromatic N) is 5. The minimum atomic E-state index is -4.62. The Hall–Kier alpha value is -4.09. The number of halogens is 4. The number of fused-ring (bicyclic) bond motifs is 1. The van der Waals surface area contributed by atoms with Crippen molar-refractivity contribution in [1.82, 2.24) is 24.6 Å². The maximum Gasteiger partial charge on any atom is 0.420 e. The van der Waals surface area contributed by atoms with Crippen LogP contribution in [0.3, 0.4) is 0 Å². The van der Waals surface area contributed by atoms with Crippen molar-refractivity contribution in [3.8, 4) is 34.0 Å². The largest absolute Gasteiger partial charge is 0.435 e. The zero-order chi connectivity index (χ0) is 28.0. The summed E-state index contributed by atoms with van der Waals surface area (Å²) < 4.78 is 69.5. The maximum atomic E-state index is 14.2. The first-order chi connectivity index (χ1) is 19.2. The van der Waals surface area contributed by atoms with Gasteiger partial charge in [-0.25, -0.2) is 9.37 Å². The Labute approximate surface area is 227 Å². The summed E-state index contributed by atoms with van der Waals surface area (Å²) in [5.74, 6) is 0.0967. The van der Waals surface area contributed by atoms with Gasteiger partial charge >= 0.3 is 6.18 Å². The molecule has 0 radical (unpaired) electrons. The first-order valence-electron chi connectivity index (χ1n) is 12.7. The van der Waals surface area contributed by atoms with Crippen LogP contribution in [0.1, 0.15) is 18.1 Å². The van der Waals surface area contributed by atoms with Crippen LogP contribution in [0.2, 0.25) is 0 Å². The van der Waals surface area contributed by atoms with Crippen molar-refractivity contribution in [3.63, 3.8) is 0 Å². The van der Waals surface area contributed by atoms with Crippen LogP contribution >= 0.6 is 0 Å². The van der Waals surface area contributed by atoms with Crippen molar-refractivity contribution in [2.24, 2.45) is 7.05 Å². The smallest absolute Gasteiger partial charge is 0.420 e. The number of aromatic nitrogens is 4. The highest BCUT2D eigenvalue weighted by Crippen LogP contribution is 2.39. The van der Waals surface area contributed by atoms with Crippen molar-refractivity contribution >= 4 is 11.1 Å². The molecule has 0 unspecified atom stereocenters. The van der Waals surface area contributed by atoms with E-state index in [9.17, 15) is 17.6 Å². The lowest BCUT2D eigenvalue weighted by molar-refractivity contribution is -0.136. The van der Waals surface area contributed by atoms with E-state index in [1.165, 1.54) is 18.5 Å². The van der Waals surface area contributed by atoms with Gasteiger partial charge in [-0.05, 0) is 60.0 Å². The zero-order valence-corrected chi connectivity index (χ0v) is 21.7. The van der Waals surface area contributed by atoms with Crippen molar-refractivity contribution < 1.29 is 26.7 Å². The SMILES string of the molecule is C[C@@H]1CN(Cc2cc(C(F)(F)F)c3oc(-c4cccc(-c5ccc(F)cc5-c5nncn5C)c4)nc3c2)CCO1. The first kappa shape index (κ1) is 26.1. The molecule has 1 aliphatic heterocycles. The van der Waals surface area contributed by atoms with Gasteiger partial charge in [0.25, 0.3) is 0 Å². The van der Waals surface area contributed by atoms with Gasteiger partial charge in [-0.2, -0.15) is 13.2 Å². The Bertz CT molecular complexity index is 1690. The molecule has 1 saturated heterocycles. The van der Waals surface area contributed by atoms with Gasteiger partial charge in [-0.1, -0.05) is 18.2 Å². The summed E-state index contributed by atoms with van der Waals surface area (Å²) in [6, 6.07) is 14.2. The maximum absolute atomic E-state index is 14.2. The van der Waals surface area contributed by atoms with E-state index >= 15 is 0 Å². The van der Waals surface area contributed by atoms with Crippen LogP contribution in [-0.2, 0) is 24.5 Å². The van der Waals surface area contributed by atoms with E-state index in [2.05, 4.69) is 20.1 Å². The second-order valence-corrected chi connectivity index (χ2v) is 9.96. The van der Waals surface area contributed by atoms with E-state index in [4.69, 9.17) is 9.15 Å². The molecule has 6 rings (SSSR count). The Morgan fingerprint density at radius 3 is 2.60 bits per heavy atom. The topological polar surface area (TPSA) is 69.2 Å². The molecule has 0 aliphatic carbocycles. The van der Waals surface area contributed by atoms with Crippen LogP contribution in [0, 0.1) is 5.82 Å². The molecule has 0 spiro atoms. The average molecular weight is 552 g/mol. The fourth-order valence-electron chi connectivity index (χ4n) is 5.11. The molecule has 0 N–H and O–H groups in total. The quantitative estimate of drug-likeness (QED) is 0.238. The third kappa shape index (κ3) is 5.09. The van der Waals surface area contributed by atoms with Gasteiger partial charge < -0.3 is 13.7 Å². The van der Waals surface area contributed by atoms with Crippen LogP contribution in [0.25, 0.3) is 45.1 Å². The summed E-state index contributed by atoms with van der Waals surface area (Å²) in [6.45, 7) is 4.10. The predicted octanol–water partition coefficient (Wildman–Crippen LogP) is 6.34. The molecule has 11 heteroatoms. The molecule has 206 valence electrons. The lowest BCUT2D eigenvalue weighted by atomic mass is 9.97. The van der Waals surface area contributed by atoms with Crippen molar-refractivity contribution in [2.45, 2.75) is 25.7 Å². The summed E-state index contributed by atoms with van der Waals surface area (Å²) >= 11 is 0. The minimum absolute atomic E-state index is 0.0146. The zero-order valence-electron chi connectivity index (χ0n) is 21.7. The third-order valence-corrected chi connectivity index (χ3v) is 6.94. The molecule has 1 fully saturated rings. The number of hydrogen-bond acceptors (Lipinski definition) is 6. The molecular formula is C29H25F4N5O2. The molecule has 0 saturated carbocycles. The van der Waals surface area contributed by atoms with E-state index in [-0.39, 0.29) is 23.1 Å². The van der Waals surface area contributed by atoms with Crippen LogP contribution in [0.15, 0.2) is 65.3 Å². The fourth-order valence-corrected chi connectivity index (χ4v) is 5.11. The van der Waals surface area contributed by atoms with Crippen LogP contribution < -0.4 is 0 Å². The van der Waals surface area contributed by atoms with E-state index in [1.807, 2.05) is 13.0 Å². The van der Waals surface area contributed by atoms with E-state index in [0.717, 1.165) is 6.07 Å². The first-order valence-corrected chi connectivity index (χ1v) is 12.7. The van der Waals surface area contributed by atoms with Crippen molar-refractivity contribution in [1.29, 1.82) is 0 Å². The van der Waals surface area contributed by atoms with Gasteiger partial charge in [-0.15, -0.1) is 10.2 Å². The van der Waals surface area contributed by atoms with E-state index < -0.39 is 17.6 Å². The van der Waals surface area contributed by atoms with Crippen molar-refractivity contribution in [3.05, 3.63) is 77.9 Å². The molecule has 2 aromatic heterocycles. The summed E-state index contributed by atoms with van der Waals surface area (Å²) in [5, 5.41) is 8.00. The second-order valence-electron chi connectivity index (χ2n) is 9.96. The number of alkyl halides is 3. The molecule has 1 aliphatic rings. The number of oxazole rings is 1. The number of morpholine rings is 1. The molecule has 3 heterocycles. The molecule has 5 aromatic rings. The predicted molar refractivity (Wildman–Crippen MR) is 141 cm³/mol. The number of aryl methyl sites for hydroxylation is 1. The molecule has 1 atom stereocenters. The number of benzene rings is 3. The molecule has 40 heavy (non-hydrogen) atoms. The monoisotopic (exact) mass is 551 g/mol. The van der Waals surface area contributed by atoms with Crippen LogP contribution in [0.5, 0.6) is 0 Å². The van der Waals surface area contributed by atoms with Gasteiger partial charge in [0.1, 0.15) is 23.2 Å². The normalized spacial score (nSPS) is 16.6. The highest BCUT2D eigenvalue weighted by Gasteiger charge is 2.36. The highest BCUT2D eigenvalue weighted by atomic mass is 19.4. The second kappa shape index (κ2) is 10.1. The van der Waals surface area contributed by atoms with Gasteiger partial charge in [-0.3, -0.25) is 4.90 Å². The molecule has 7 nitrogen and oxygen atoms in total. The Kier molecular flexibility index (Phi) is 6.63. The molecule has 0 bridgehead atoms. The van der Waals surface area contributed by atoms with E-state index in [1.54, 1.807) is 41.9 Å². The van der Waals surface area contributed by atoms with Gasteiger partial charge in [0, 0.05) is 37.8 Å². The molecule has 0 amide bonds. The lowest BCUT2D eigenvalue weighted by Gasteiger charge is -2.31. The van der Waals surface area contributed by atoms with E-state index in [0.29, 0.717) is 59.9 Å². The van der Waals surface area contributed by atoms with Crippen molar-refractivity contribution in [2.75, 3.05) is 19.7 Å². The summed E-state index contributed by atoms with van der Waals surface area (Å²) in [5.41, 5.74) is 1.84. The fraction of sp³-hybridized carbons (Fsp3) is 0.276. The number of ether oxygens (including phenoxy) is 1. The minimum Gasteiger partial charge on any atom is -0.435 e. The average Bonchev–Trinajstić information content (AvgIpc) is 3.54. The standard InChI is InChI=1S/C29H25F4N5O2/c1-17-14-38(8-9-39-17)15-18-10-24(29(31,32)33)26-25(11-18)35-28(40-26)20-5-3-4-19(12-20)22-7-6-21(30)13-23(22)27-36-34-16-37(27)2/h3-7,10-13,16-17H,8-9,14-15H2,1-2H3/t17-/m1/s1. The summed E-state index contributed by atoms with van der Waals surface area (Å²) in [7, 11) is 1.75. The lowest BCUT2D eigenvalue weighted by Crippen LogP contribution is -2.40. The molecular weight excluding hydrogens is 526 g/mol. The summed E-state index contributed by atoms with van der Waals surface area (Å²) in [6.07, 6.45) is -3.09. The van der Waals surface area contributed by atoms with Crippen LogP contribution in [0.4, 0.5) is 17.6 Å². The Morgan fingerprint density at radius 2 is 1.85 bits per heavy atom. The number of rotatable bonds is 5.